The van der Waals surface area contributed by atoms with E-state index in [1.807, 2.05) is 61.5 Å². The first-order chi connectivity index (χ1) is 14.0. The predicted octanol–water partition coefficient (Wildman–Crippen LogP) is 1.59. The highest BCUT2D eigenvalue weighted by molar-refractivity contribution is 7.90. The summed E-state index contributed by atoms with van der Waals surface area (Å²) in [5, 5.41) is 3.91. The van der Waals surface area contributed by atoms with Crippen LogP contribution in [0.2, 0.25) is 0 Å². The third-order valence-electron chi connectivity index (χ3n) is 4.36. The van der Waals surface area contributed by atoms with Crippen LogP contribution in [0, 0.1) is 6.92 Å². The van der Waals surface area contributed by atoms with Crippen molar-refractivity contribution in [1.29, 1.82) is 0 Å². The Morgan fingerprint density at radius 3 is 2.13 bits per heavy atom. The second-order valence-corrected chi connectivity index (χ2v) is 9.59. The summed E-state index contributed by atoms with van der Waals surface area (Å²) in [5.41, 5.74) is 2.94. The van der Waals surface area contributed by atoms with Gasteiger partial charge in [0.15, 0.2) is 0 Å². The van der Waals surface area contributed by atoms with Crippen LogP contribution < -0.4 is 21.7 Å². The summed E-state index contributed by atoms with van der Waals surface area (Å²) in [6, 6.07) is 26.1. The van der Waals surface area contributed by atoms with Crippen LogP contribution >= 0.6 is 11.5 Å². The van der Waals surface area contributed by atoms with E-state index < -0.39 is 9.84 Å². The molecule has 154 valence electrons. The molecule has 4 rings (SSSR count). The molecule has 0 amide bonds. The van der Waals surface area contributed by atoms with Crippen LogP contribution in [0.3, 0.4) is 0 Å². The molecule has 0 fully saturated rings. The number of nitrogens with zero attached hydrogens (tertiary/aromatic N) is 2. The van der Waals surface area contributed by atoms with Crippen molar-refractivity contribution in [2.24, 2.45) is 0 Å². The van der Waals surface area contributed by atoms with E-state index in [0.717, 1.165) is 11.3 Å². The number of aromatic nitrogens is 2. The number of rotatable bonds is 6. The third-order valence-corrected chi connectivity index (χ3v) is 7.01. The molecule has 1 N–H and O–H groups in total. The van der Waals surface area contributed by atoms with Gasteiger partial charge in [0.2, 0.25) is 15.7 Å². The van der Waals surface area contributed by atoms with E-state index in [2.05, 4.69) is 10.3 Å². The molecule has 5 nitrogen and oxygen atoms in total. The maximum atomic E-state index is 12.9. The molecule has 0 atom stereocenters. The van der Waals surface area contributed by atoms with Crippen molar-refractivity contribution < 1.29 is 24.8 Å². The molecule has 0 saturated heterocycles. The largest absolute Gasteiger partial charge is 1.00 e. The van der Waals surface area contributed by atoms with Gasteiger partial charge in [-0.15, -0.1) is 0 Å². The predicted molar refractivity (Wildman–Crippen MR) is 116 cm³/mol. The van der Waals surface area contributed by atoms with Gasteiger partial charge < -0.3 is 17.7 Å². The maximum Gasteiger partial charge on any atom is 0.346 e. The lowest BCUT2D eigenvalue weighted by Crippen LogP contribution is -3.00. The van der Waals surface area contributed by atoms with Crippen molar-refractivity contribution in [3.05, 3.63) is 90.5 Å². The van der Waals surface area contributed by atoms with E-state index in [0.29, 0.717) is 15.9 Å². The van der Waals surface area contributed by atoms with Gasteiger partial charge >= 0.3 is 11.0 Å². The molecular formula is C22H20ClN3O2S2. The molecule has 0 aliphatic carbocycles. The van der Waals surface area contributed by atoms with Gasteiger partial charge in [0.25, 0.3) is 0 Å². The quantitative estimate of drug-likeness (QED) is 0.446. The molecule has 0 radical (unpaired) electrons. The van der Waals surface area contributed by atoms with Crippen molar-refractivity contribution >= 4 is 32.2 Å². The molecular weight excluding hydrogens is 438 g/mol. The number of hydrogen-bond acceptors (Lipinski definition) is 5. The molecule has 0 spiro atoms. The highest BCUT2D eigenvalue weighted by atomic mass is 35.5. The summed E-state index contributed by atoms with van der Waals surface area (Å²) in [4.78, 5) is 4.98. The molecule has 3 aromatic carbocycles. The Labute approximate surface area is 186 Å². The molecule has 0 saturated carbocycles. The first-order valence-corrected chi connectivity index (χ1v) is 11.5. The van der Waals surface area contributed by atoms with E-state index >= 15 is 0 Å². The average Bonchev–Trinajstić information content (AvgIpc) is 3.12. The fourth-order valence-electron chi connectivity index (χ4n) is 2.87. The molecule has 1 aromatic heterocycles. The van der Waals surface area contributed by atoms with Gasteiger partial charge in [-0.05, 0) is 48.3 Å². The number of sulfone groups is 1. The molecule has 30 heavy (non-hydrogen) atoms. The summed E-state index contributed by atoms with van der Waals surface area (Å²) in [6.07, 6.45) is 0. The number of halogens is 1. The van der Waals surface area contributed by atoms with Crippen molar-refractivity contribution in [1.82, 2.24) is 4.98 Å². The summed E-state index contributed by atoms with van der Waals surface area (Å²) in [5.74, 6) is 0.443. The number of benzene rings is 3. The minimum absolute atomic E-state index is 0. The van der Waals surface area contributed by atoms with Crippen LogP contribution in [0.25, 0.3) is 11.4 Å². The van der Waals surface area contributed by atoms with E-state index in [9.17, 15) is 8.42 Å². The van der Waals surface area contributed by atoms with Gasteiger partial charge in [-0.3, -0.25) is 0 Å². The molecule has 1 heterocycles. The molecule has 0 bridgehead atoms. The van der Waals surface area contributed by atoms with Crippen LogP contribution in [0.1, 0.15) is 5.56 Å². The van der Waals surface area contributed by atoms with Gasteiger partial charge in [-0.2, -0.15) is 3.96 Å². The number of nitrogens with one attached hydrogen (secondary N) is 1. The summed E-state index contributed by atoms with van der Waals surface area (Å²) in [6.45, 7) is 2.03. The summed E-state index contributed by atoms with van der Waals surface area (Å²) < 4.78 is 27.6. The second kappa shape index (κ2) is 9.38. The lowest BCUT2D eigenvalue weighted by atomic mass is 10.2. The van der Waals surface area contributed by atoms with Crippen LogP contribution in [0.15, 0.2) is 89.8 Å². The summed E-state index contributed by atoms with van der Waals surface area (Å²) in [7, 11) is -3.50. The molecule has 8 heteroatoms. The lowest BCUT2D eigenvalue weighted by molar-refractivity contribution is -0.597. The highest BCUT2D eigenvalue weighted by Crippen LogP contribution is 2.24. The van der Waals surface area contributed by atoms with Crippen molar-refractivity contribution in [3.63, 3.8) is 0 Å². The van der Waals surface area contributed by atoms with Crippen LogP contribution in [-0.2, 0) is 15.7 Å². The Morgan fingerprint density at radius 2 is 1.50 bits per heavy atom. The number of aryl methyl sites for hydroxylation is 1. The topological polar surface area (TPSA) is 62.9 Å². The van der Waals surface area contributed by atoms with Crippen molar-refractivity contribution in [2.75, 3.05) is 5.32 Å². The Bertz CT molecular complexity index is 1210. The SMILES string of the molecule is Cc1ccc(Nc2nc(-c3ccccc3)[n+](CS(=O)(=O)c3ccccc3)s2)cc1.[Cl-]. The zero-order valence-corrected chi connectivity index (χ0v) is 18.6. The van der Waals surface area contributed by atoms with Gasteiger partial charge in [0.1, 0.15) is 11.5 Å². The molecule has 0 unspecified atom stereocenters. The van der Waals surface area contributed by atoms with Gasteiger partial charge in [0.05, 0.1) is 10.5 Å². The first kappa shape index (κ1) is 22.0. The Kier molecular flexibility index (Phi) is 6.87. The first-order valence-electron chi connectivity index (χ1n) is 9.09. The van der Waals surface area contributed by atoms with Gasteiger partial charge in [0, 0.05) is 5.69 Å². The molecule has 0 aliphatic heterocycles. The van der Waals surface area contributed by atoms with E-state index in [-0.39, 0.29) is 18.3 Å². The summed E-state index contributed by atoms with van der Waals surface area (Å²) >= 11 is 1.29. The number of anilines is 2. The minimum Gasteiger partial charge on any atom is -1.00 e. The van der Waals surface area contributed by atoms with Gasteiger partial charge in [-0.1, -0.05) is 54.1 Å². The van der Waals surface area contributed by atoms with Gasteiger partial charge in [-0.25, -0.2) is 8.42 Å². The van der Waals surface area contributed by atoms with E-state index in [1.54, 1.807) is 34.3 Å². The fourth-order valence-corrected chi connectivity index (χ4v) is 5.38. The van der Waals surface area contributed by atoms with E-state index in [1.165, 1.54) is 17.1 Å². The highest BCUT2D eigenvalue weighted by Gasteiger charge is 2.28. The molecule has 4 aromatic rings. The average molecular weight is 458 g/mol. The van der Waals surface area contributed by atoms with E-state index in [4.69, 9.17) is 0 Å². The van der Waals surface area contributed by atoms with Crippen molar-refractivity contribution in [2.45, 2.75) is 17.7 Å². The monoisotopic (exact) mass is 457 g/mol. The zero-order valence-electron chi connectivity index (χ0n) is 16.2. The lowest BCUT2D eigenvalue weighted by Gasteiger charge is -2.02. The number of hydrogen-bond donors (Lipinski definition) is 1. The zero-order chi connectivity index (χ0) is 20.3. The van der Waals surface area contributed by atoms with Crippen molar-refractivity contribution in [3.8, 4) is 11.4 Å². The van der Waals surface area contributed by atoms with Crippen LogP contribution in [0.5, 0.6) is 0 Å². The third kappa shape index (κ3) is 5.05. The Morgan fingerprint density at radius 1 is 0.900 bits per heavy atom. The minimum atomic E-state index is -3.50. The standard InChI is InChI=1S/C22H19N3O2S2.ClH/c1-17-12-14-19(15-13-17)23-22-24-21(18-8-4-2-5-9-18)25(28-22)16-29(26,27)20-10-6-3-7-11-20;/h2-15H,16H2,1H3;1H. The van der Waals surface area contributed by atoms with Crippen LogP contribution in [0.4, 0.5) is 10.8 Å². The maximum absolute atomic E-state index is 12.9. The normalized spacial score (nSPS) is 11.0. The smallest absolute Gasteiger partial charge is 0.346 e. The second-order valence-electron chi connectivity index (χ2n) is 6.62. The molecule has 0 aliphatic rings. The Hall–Kier alpha value is -2.74. The fraction of sp³-hybridized carbons (Fsp3) is 0.0909. The Balaban J connectivity index is 0.00000256. The van der Waals surface area contributed by atoms with Crippen LogP contribution in [-0.4, -0.2) is 13.4 Å².